The van der Waals surface area contributed by atoms with Gasteiger partial charge in [0, 0.05) is 41.3 Å². The summed E-state index contributed by atoms with van der Waals surface area (Å²) in [6, 6.07) is 7.87. The lowest BCUT2D eigenvalue weighted by atomic mass is 9.92. The molecule has 4 aliphatic rings. The van der Waals surface area contributed by atoms with Gasteiger partial charge in [-0.2, -0.15) is 0 Å². The van der Waals surface area contributed by atoms with E-state index in [1.165, 1.54) is 16.8 Å². The van der Waals surface area contributed by atoms with Gasteiger partial charge in [0.15, 0.2) is 0 Å². The van der Waals surface area contributed by atoms with Crippen LogP contribution in [0.5, 0.6) is 17.2 Å². The van der Waals surface area contributed by atoms with E-state index in [0.717, 1.165) is 40.8 Å². The number of aromatic amines is 1. The number of imidazole rings is 1. The van der Waals surface area contributed by atoms with Crippen LogP contribution in [0, 0.1) is 0 Å². The van der Waals surface area contributed by atoms with Crippen LogP contribution in [-0.4, -0.2) is 27.0 Å². The molecule has 2 aromatic heterocycles. The van der Waals surface area contributed by atoms with Gasteiger partial charge < -0.3 is 19.8 Å². The molecule has 1 amide bonds. The van der Waals surface area contributed by atoms with E-state index >= 15 is 0 Å². The van der Waals surface area contributed by atoms with Crippen LogP contribution in [0.1, 0.15) is 72.8 Å². The van der Waals surface area contributed by atoms with Crippen molar-refractivity contribution in [3.63, 3.8) is 0 Å². The molecular formula is C26H24N4O3. The van der Waals surface area contributed by atoms with Gasteiger partial charge in [-0.1, -0.05) is 12.5 Å². The van der Waals surface area contributed by atoms with E-state index in [-0.39, 0.29) is 17.9 Å². The number of amides is 1. The van der Waals surface area contributed by atoms with Gasteiger partial charge in [0.05, 0.1) is 11.6 Å². The molecule has 7 heteroatoms. The van der Waals surface area contributed by atoms with E-state index in [0.29, 0.717) is 30.5 Å². The number of aromatic nitrogens is 3. The molecule has 0 bridgehead atoms. The minimum absolute atomic E-state index is 0.00713. The third kappa shape index (κ3) is 2.91. The van der Waals surface area contributed by atoms with Crippen molar-refractivity contribution in [2.75, 3.05) is 5.32 Å². The zero-order valence-electron chi connectivity index (χ0n) is 18.5. The normalized spacial score (nSPS) is 26.2. The quantitative estimate of drug-likeness (QED) is 0.596. The maximum Gasteiger partial charge on any atom is 0.225 e. The lowest BCUT2D eigenvalue weighted by Gasteiger charge is -2.19. The molecule has 0 saturated heterocycles. The molecule has 4 atom stereocenters. The van der Waals surface area contributed by atoms with Crippen molar-refractivity contribution in [2.24, 2.45) is 0 Å². The summed E-state index contributed by atoms with van der Waals surface area (Å²) in [5.74, 6) is 5.06. The van der Waals surface area contributed by atoms with Gasteiger partial charge in [-0.15, -0.1) is 0 Å². The molecule has 1 saturated carbocycles. The van der Waals surface area contributed by atoms with Crippen LogP contribution in [0.2, 0.25) is 0 Å². The smallest absolute Gasteiger partial charge is 0.225 e. The number of pyridine rings is 1. The number of hydrogen-bond acceptors (Lipinski definition) is 5. The van der Waals surface area contributed by atoms with Crippen molar-refractivity contribution in [3.05, 3.63) is 64.4 Å². The Kier molecular flexibility index (Phi) is 3.84. The largest absolute Gasteiger partial charge is 0.489 e. The predicted molar refractivity (Wildman–Crippen MR) is 123 cm³/mol. The molecule has 3 aromatic rings. The van der Waals surface area contributed by atoms with Crippen LogP contribution in [-0.2, 0) is 11.2 Å². The molecule has 7 rings (SSSR count). The summed E-state index contributed by atoms with van der Waals surface area (Å²) in [6.45, 7) is 4.43. The summed E-state index contributed by atoms with van der Waals surface area (Å²) < 4.78 is 12.5. The van der Waals surface area contributed by atoms with Gasteiger partial charge in [0.1, 0.15) is 35.0 Å². The standard InChI is InChI=1S/C26H24N4O3/c1-12-9-13(2)23-17(10-12)28-26(30-23)22-21-16-11-14(3-5-18(16)33-24(21)22)32-19-7-8-27-25-15(19)4-6-20(31)29-25/h3,5,7-8,10-11,13,21-22,24H,4,6,9H2,1-2H3,(H,28,30)(H,27,29,31). The zero-order chi connectivity index (χ0) is 22.3. The molecule has 1 fully saturated rings. The number of ether oxygens (including phenoxy) is 2. The second kappa shape index (κ2) is 6.70. The van der Waals surface area contributed by atoms with E-state index < -0.39 is 0 Å². The average molecular weight is 441 g/mol. The fraction of sp³-hybridized carbons (Fsp3) is 0.346. The van der Waals surface area contributed by atoms with Crippen molar-refractivity contribution in [2.45, 2.75) is 57.0 Å². The van der Waals surface area contributed by atoms with Gasteiger partial charge in [-0.05, 0) is 50.1 Å². The Bertz CT molecular complexity index is 1360. The number of nitrogens with one attached hydrogen (secondary N) is 2. The number of nitrogens with zero attached hydrogens (tertiary/aromatic N) is 2. The molecular weight excluding hydrogens is 416 g/mol. The number of rotatable bonds is 3. The third-order valence-electron chi connectivity index (χ3n) is 7.26. The molecule has 1 aromatic carbocycles. The number of H-pyrrole nitrogens is 1. The van der Waals surface area contributed by atoms with Crippen molar-refractivity contribution in [1.29, 1.82) is 0 Å². The second-order valence-corrected chi connectivity index (χ2v) is 9.64. The number of carbonyl (C=O) groups excluding carboxylic acids is 1. The molecule has 0 radical (unpaired) electrons. The van der Waals surface area contributed by atoms with Gasteiger partial charge in [0.25, 0.3) is 0 Å². The summed E-state index contributed by atoms with van der Waals surface area (Å²) in [5.41, 5.74) is 5.82. The maximum atomic E-state index is 11.7. The Morgan fingerprint density at radius 2 is 2.09 bits per heavy atom. The van der Waals surface area contributed by atoms with Crippen LogP contribution in [0.4, 0.5) is 5.82 Å². The molecule has 7 nitrogen and oxygen atoms in total. The SMILES string of the molecule is CC1=Cc2nc(C3C4Oc5ccc(Oc6ccnc7c6CCC(=O)N7)cc5C43)[nH]c2C(C)C1. The first-order valence-electron chi connectivity index (χ1n) is 11.6. The Morgan fingerprint density at radius 1 is 1.18 bits per heavy atom. The maximum absolute atomic E-state index is 11.7. The topological polar surface area (TPSA) is 89.1 Å². The van der Waals surface area contributed by atoms with Crippen molar-refractivity contribution >= 4 is 17.8 Å². The number of carbonyl (C=O) groups is 1. The molecule has 33 heavy (non-hydrogen) atoms. The average Bonchev–Trinajstić information content (AvgIpc) is 3.13. The summed E-state index contributed by atoms with van der Waals surface area (Å²) in [4.78, 5) is 24.5. The molecule has 2 aliphatic carbocycles. The number of fused-ring (bicyclic) bond motifs is 5. The number of anilines is 1. The zero-order valence-corrected chi connectivity index (χ0v) is 18.5. The molecule has 2 aliphatic heterocycles. The Hall–Kier alpha value is -3.61. The number of benzene rings is 1. The fourth-order valence-electron chi connectivity index (χ4n) is 5.65. The summed E-state index contributed by atoms with van der Waals surface area (Å²) in [7, 11) is 0. The Morgan fingerprint density at radius 3 is 3.00 bits per heavy atom. The van der Waals surface area contributed by atoms with Crippen LogP contribution >= 0.6 is 0 Å². The minimum atomic E-state index is -0.00713. The van der Waals surface area contributed by atoms with E-state index in [4.69, 9.17) is 14.5 Å². The van der Waals surface area contributed by atoms with E-state index in [9.17, 15) is 4.79 Å². The van der Waals surface area contributed by atoms with Gasteiger partial charge in [-0.25, -0.2) is 9.97 Å². The van der Waals surface area contributed by atoms with Gasteiger partial charge >= 0.3 is 0 Å². The highest BCUT2D eigenvalue weighted by molar-refractivity contribution is 5.93. The predicted octanol–water partition coefficient (Wildman–Crippen LogP) is 5.03. The van der Waals surface area contributed by atoms with Crippen LogP contribution in [0.15, 0.2) is 36.0 Å². The molecule has 4 heterocycles. The molecule has 2 N–H and O–H groups in total. The van der Waals surface area contributed by atoms with Crippen molar-refractivity contribution in [3.8, 4) is 17.2 Å². The second-order valence-electron chi connectivity index (χ2n) is 9.64. The first-order chi connectivity index (χ1) is 16.0. The first kappa shape index (κ1) is 18.9. The van der Waals surface area contributed by atoms with E-state index in [2.05, 4.69) is 41.3 Å². The monoisotopic (exact) mass is 440 g/mol. The molecule has 166 valence electrons. The van der Waals surface area contributed by atoms with E-state index in [1.807, 2.05) is 18.2 Å². The van der Waals surface area contributed by atoms with E-state index in [1.54, 1.807) is 6.20 Å². The fourth-order valence-corrected chi connectivity index (χ4v) is 5.65. The lowest BCUT2D eigenvalue weighted by Crippen LogP contribution is -2.20. The highest BCUT2D eigenvalue weighted by Crippen LogP contribution is 2.63. The number of hydrogen-bond donors (Lipinski definition) is 2. The lowest BCUT2D eigenvalue weighted by molar-refractivity contribution is -0.116. The Balaban J connectivity index is 1.16. The van der Waals surface area contributed by atoms with Gasteiger partial charge in [-0.3, -0.25) is 4.79 Å². The molecule has 0 spiro atoms. The van der Waals surface area contributed by atoms with Crippen LogP contribution < -0.4 is 14.8 Å². The van der Waals surface area contributed by atoms with Gasteiger partial charge in [0.2, 0.25) is 5.91 Å². The highest BCUT2D eigenvalue weighted by Gasteiger charge is 2.61. The summed E-state index contributed by atoms with van der Waals surface area (Å²) >= 11 is 0. The number of allylic oxidation sites excluding steroid dienone is 1. The van der Waals surface area contributed by atoms with Crippen molar-refractivity contribution < 1.29 is 14.3 Å². The highest BCUT2D eigenvalue weighted by atomic mass is 16.5. The van der Waals surface area contributed by atoms with Crippen molar-refractivity contribution in [1.82, 2.24) is 15.0 Å². The Labute approximate surface area is 191 Å². The minimum Gasteiger partial charge on any atom is -0.489 e. The van der Waals surface area contributed by atoms with Crippen LogP contribution in [0.25, 0.3) is 6.08 Å². The van der Waals surface area contributed by atoms with Crippen LogP contribution in [0.3, 0.4) is 0 Å². The first-order valence-corrected chi connectivity index (χ1v) is 11.6. The third-order valence-corrected chi connectivity index (χ3v) is 7.26. The molecule has 4 unspecified atom stereocenters. The summed E-state index contributed by atoms with van der Waals surface area (Å²) in [5, 5.41) is 2.83. The summed E-state index contributed by atoms with van der Waals surface area (Å²) in [6.07, 6.45) is 6.14.